The van der Waals surface area contributed by atoms with E-state index >= 15 is 0 Å². The van der Waals surface area contributed by atoms with Crippen LogP contribution in [0.15, 0.2) is 133 Å². The van der Waals surface area contributed by atoms with Crippen LogP contribution in [-0.4, -0.2) is 0 Å². The number of ether oxygens (including phenoxy) is 1. The van der Waals surface area contributed by atoms with Crippen molar-refractivity contribution < 1.29 is 4.74 Å². The van der Waals surface area contributed by atoms with Crippen LogP contribution < -0.4 is 4.74 Å². The second-order valence-corrected chi connectivity index (χ2v) is 10.6. The fourth-order valence-electron chi connectivity index (χ4n) is 6.49. The van der Waals surface area contributed by atoms with Crippen molar-refractivity contribution in [3.8, 4) is 33.8 Å². The molecule has 0 saturated carbocycles. The van der Waals surface area contributed by atoms with Gasteiger partial charge in [0.25, 0.3) is 0 Å². The van der Waals surface area contributed by atoms with E-state index in [0.29, 0.717) is 0 Å². The molecule has 0 radical (unpaired) electrons. The summed E-state index contributed by atoms with van der Waals surface area (Å²) < 4.78 is 6.61. The van der Waals surface area contributed by atoms with Gasteiger partial charge < -0.3 is 4.74 Å². The molecule has 0 fully saturated rings. The Kier molecular flexibility index (Phi) is 4.11. The third-order valence-corrected chi connectivity index (χ3v) is 8.38. The lowest BCUT2D eigenvalue weighted by Crippen LogP contribution is -1.98. The van der Waals surface area contributed by atoms with Crippen molar-refractivity contribution in [2.45, 2.75) is 0 Å². The molecule has 39 heavy (non-hydrogen) atoms. The van der Waals surface area contributed by atoms with E-state index in [4.69, 9.17) is 4.74 Å². The molecular weight excluding hydrogens is 472 g/mol. The first kappa shape index (κ1) is 20.9. The number of hydrogen-bond acceptors (Lipinski definition) is 1. The Morgan fingerprint density at radius 2 is 1.03 bits per heavy atom. The maximum Gasteiger partial charge on any atom is 0.136 e. The topological polar surface area (TPSA) is 9.23 Å². The van der Waals surface area contributed by atoms with Crippen LogP contribution >= 0.6 is 0 Å². The minimum absolute atomic E-state index is 0.910. The van der Waals surface area contributed by atoms with E-state index in [0.717, 1.165) is 22.6 Å². The number of benzene rings is 8. The molecule has 0 aliphatic carbocycles. The van der Waals surface area contributed by atoms with Gasteiger partial charge in [0.2, 0.25) is 0 Å². The van der Waals surface area contributed by atoms with Gasteiger partial charge >= 0.3 is 0 Å². The molecule has 0 bridgehead atoms. The van der Waals surface area contributed by atoms with Crippen molar-refractivity contribution in [1.82, 2.24) is 0 Å². The van der Waals surface area contributed by atoms with Crippen molar-refractivity contribution in [2.75, 3.05) is 0 Å². The lowest BCUT2D eigenvalue weighted by atomic mass is 9.90. The smallest absolute Gasteiger partial charge is 0.136 e. The molecule has 0 unspecified atom stereocenters. The molecule has 180 valence electrons. The van der Waals surface area contributed by atoms with Gasteiger partial charge in [0, 0.05) is 10.9 Å². The van der Waals surface area contributed by atoms with Crippen LogP contribution in [0.1, 0.15) is 0 Å². The molecule has 0 spiro atoms. The van der Waals surface area contributed by atoms with Gasteiger partial charge in [-0.25, -0.2) is 0 Å². The highest BCUT2D eigenvalue weighted by molar-refractivity contribution is 6.16. The predicted octanol–water partition coefficient (Wildman–Crippen LogP) is 10.9. The average molecular weight is 495 g/mol. The van der Waals surface area contributed by atoms with Gasteiger partial charge in [-0.2, -0.15) is 0 Å². The molecule has 1 heterocycles. The average Bonchev–Trinajstić information content (AvgIpc) is 2.99. The molecule has 0 amide bonds. The standard InChI is InChI=1S/C38H22O/c1-3-8-30-23(6-1)12-15-28-19-29-18-24(13-14-25(29)20-35(28)30)26-16-17-32-34-11-5-10-33-31-9-4-2-7-27(31)22-37(38(33)34)39-36(32)21-26/h1-22H. The zero-order valence-corrected chi connectivity index (χ0v) is 21.1. The van der Waals surface area contributed by atoms with Crippen molar-refractivity contribution in [1.29, 1.82) is 0 Å². The summed E-state index contributed by atoms with van der Waals surface area (Å²) in [6.07, 6.45) is 0. The Bertz CT molecular complexity index is 2310. The largest absolute Gasteiger partial charge is 0.456 e. The molecule has 1 aliphatic rings. The van der Waals surface area contributed by atoms with Gasteiger partial charge in [0.15, 0.2) is 0 Å². The first-order chi connectivity index (χ1) is 19.3. The summed E-state index contributed by atoms with van der Waals surface area (Å²) in [5, 5.41) is 12.5. The maximum atomic E-state index is 6.61. The van der Waals surface area contributed by atoms with Crippen molar-refractivity contribution in [3.05, 3.63) is 133 Å². The van der Waals surface area contributed by atoms with E-state index in [1.54, 1.807) is 0 Å². The van der Waals surface area contributed by atoms with Crippen LogP contribution in [0.4, 0.5) is 0 Å². The third-order valence-electron chi connectivity index (χ3n) is 8.38. The summed E-state index contributed by atoms with van der Waals surface area (Å²) in [6.45, 7) is 0. The monoisotopic (exact) mass is 494 g/mol. The Balaban J connectivity index is 1.20. The highest BCUT2D eigenvalue weighted by Gasteiger charge is 2.22. The van der Waals surface area contributed by atoms with E-state index in [9.17, 15) is 0 Å². The zero-order valence-electron chi connectivity index (χ0n) is 21.1. The quantitative estimate of drug-likeness (QED) is 0.163. The summed E-state index contributed by atoms with van der Waals surface area (Å²) in [5.74, 6) is 1.84. The lowest BCUT2D eigenvalue weighted by molar-refractivity contribution is 0.488. The Morgan fingerprint density at radius 1 is 0.333 bits per heavy atom. The molecular formula is C38H22O. The van der Waals surface area contributed by atoms with E-state index < -0.39 is 0 Å². The second kappa shape index (κ2) is 7.69. The van der Waals surface area contributed by atoms with Gasteiger partial charge in [-0.1, -0.05) is 97.1 Å². The number of rotatable bonds is 1. The van der Waals surface area contributed by atoms with E-state index in [1.807, 2.05) is 0 Å². The van der Waals surface area contributed by atoms with E-state index in [2.05, 4.69) is 133 Å². The van der Waals surface area contributed by atoms with Gasteiger partial charge in [0.1, 0.15) is 11.5 Å². The van der Waals surface area contributed by atoms with Crippen LogP contribution in [0.5, 0.6) is 11.5 Å². The lowest BCUT2D eigenvalue weighted by Gasteiger charge is -2.23. The normalized spacial score (nSPS) is 12.3. The Labute approximate surface area is 225 Å². The van der Waals surface area contributed by atoms with Crippen LogP contribution in [0.3, 0.4) is 0 Å². The number of hydrogen-bond donors (Lipinski definition) is 0. The summed E-state index contributed by atoms with van der Waals surface area (Å²) in [4.78, 5) is 0. The van der Waals surface area contributed by atoms with E-state index in [1.165, 1.54) is 65.0 Å². The summed E-state index contributed by atoms with van der Waals surface area (Å²) in [5.41, 5.74) is 4.73. The third kappa shape index (κ3) is 3.02. The van der Waals surface area contributed by atoms with Gasteiger partial charge in [0.05, 0.1) is 0 Å². The summed E-state index contributed by atoms with van der Waals surface area (Å²) in [7, 11) is 0. The Hall–Kier alpha value is -5.14. The molecule has 1 nitrogen and oxygen atoms in total. The highest BCUT2D eigenvalue weighted by Crippen LogP contribution is 2.49. The maximum absolute atomic E-state index is 6.61. The molecule has 8 aromatic carbocycles. The van der Waals surface area contributed by atoms with Gasteiger partial charge in [-0.05, 0) is 102 Å². The van der Waals surface area contributed by atoms with Crippen molar-refractivity contribution in [3.63, 3.8) is 0 Å². The molecule has 0 atom stereocenters. The summed E-state index contributed by atoms with van der Waals surface area (Å²) in [6, 6.07) is 48.4. The van der Waals surface area contributed by atoms with Crippen LogP contribution in [0, 0.1) is 0 Å². The highest BCUT2D eigenvalue weighted by atomic mass is 16.5. The predicted molar refractivity (Wildman–Crippen MR) is 165 cm³/mol. The van der Waals surface area contributed by atoms with Crippen molar-refractivity contribution in [2.24, 2.45) is 0 Å². The van der Waals surface area contributed by atoms with Crippen LogP contribution in [0.2, 0.25) is 0 Å². The molecule has 1 heteroatoms. The van der Waals surface area contributed by atoms with E-state index in [-0.39, 0.29) is 0 Å². The van der Waals surface area contributed by atoms with Gasteiger partial charge in [-0.3, -0.25) is 0 Å². The SMILES string of the molecule is c1ccc2c(c1)ccc1cc3cc(-c4ccc5c(c4)Oc4cc6ccccc6c6cccc-5c46)ccc3cc12. The fourth-order valence-corrected chi connectivity index (χ4v) is 6.49. The molecule has 8 aromatic rings. The minimum atomic E-state index is 0.910. The zero-order chi connectivity index (χ0) is 25.5. The second-order valence-electron chi connectivity index (χ2n) is 10.6. The molecule has 1 aliphatic heterocycles. The molecule has 0 aromatic heterocycles. The fraction of sp³-hybridized carbons (Fsp3) is 0. The molecule has 0 N–H and O–H groups in total. The summed E-state index contributed by atoms with van der Waals surface area (Å²) >= 11 is 0. The van der Waals surface area contributed by atoms with Crippen molar-refractivity contribution >= 4 is 53.9 Å². The first-order valence-electron chi connectivity index (χ1n) is 13.4. The first-order valence-corrected chi connectivity index (χ1v) is 13.4. The minimum Gasteiger partial charge on any atom is -0.456 e. The van der Waals surface area contributed by atoms with Crippen LogP contribution in [-0.2, 0) is 0 Å². The van der Waals surface area contributed by atoms with Crippen LogP contribution in [0.25, 0.3) is 76.1 Å². The van der Waals surface area contributed by atoms with Gasteiger partial charge in [-0.15, -0.1) is 0 Å². The molecule has 0 saturated heterocycles. The number of fused-ring (bicyclic) bond motifs is 8. The Morgan fingerprint density at radius 3 is 1.95 bits per heavy atom. The molecule has 9 rings (SSSR count).